The van der Waals surface area contributed by atoms with E-state index < -0.39 is 35.4 Å². The molecule has 0 radical (unpaired) electrons. The number of carbonyl (C=O) groups is 1. The number of alkyl halides is 3. The lowest BCUT2D eigenvalue weighted by molar-refractivity contribution is -0.141. The van der Waals surface area contributed by atoms with Gasteiger partial charge >= 0.3 is 12.3 Å². The van der Waals surface area contributed by atoms with Crippen LogP contribution in [0, 0.1) is 11.6 Å². The fourth-order valence-electron chi connectivity index (χ4n) is 2.58. The van der Waals surface area contributed by atoms with Crippen molar-refractivity contribution in [2.45, 2.75) is 24.9 Å². The number of hydrogen-bond donors (Lipinski definition) is 1. The normalized spacial score (nSPS) is 17.1. The second-order valence-electron chi connectivity index (χ2n) is 4.87. The van der Waals surface area contributed by atoms with Gasteiger partial charge in [0.05, 0.1) is 5.56 Å². The maximum atomic E-state index is 13.5. The largest absolute Gasteiger partial charge is 0.465 e. The molecule has 0 saturated carbocycles. The molecule has 21 heavy (non-hydrogen) atoms. The first-order chi connectivity index (χ1) is 9.71. The molecule has 1 aromatic carbocycles. The van der Waals surface area contributed by atoms with Crippen LogP contribution >= 0.6 is 0 Å². The molecule has 1 amide bonds. The Morgan fingerprint density at radius 3 is 2.24 bits per heavy atom. The lowest BCUT2D eigenvalue weighted by atomic mass is 9.86. The third-order valence-electron chi connectivity index (χ3n) is 3.62. The molecule has 0 spiro atoms. The van der Waals surface area contributed by atoms with Crippen LogP contribution in [0.1, 0.15) is 29.9 Å². The van der Waals surface area contributed by atoms with Crippen molar-refractivity contribution in [1.29, 1.82) is 0 Å². The Labute approximate surface area is 117 Å². The minimum absolute atomic E-state index is 0.0658. The molecule has 0 atom stereocenters. The molecular formula is C13H12F5NO2. The van der Waals surface area contributed by atoms with Crippen LogP contribution < -0.4 is 0 Å². The summed E-state index contributed by atoms with van der Waals surface area (Å²) >= 11 is 0. The fraction of sp³-hybridized carbons (Fsp3) is 0.462. The van der Waals surface area contributed by atoms with Crippen molar-refractivity contribution in [1.82, 2.24) is 4.90 Å². The topological polar surface area (TPSA) is 40.5 Å². The van der Waals surface area contributed by atoms with Crippen LogP contribution in [0.5, 0.6) is 0 Å². The average molecular weight is 309 g/mol. The first-order valence-electron chi connectivity index (χ1n) is 6.24. The molecule has 2 rings (SSSR count). The predicted molar refractivity (Wildman–Crippen MR) is 62.9 cm³/mol. The summed E-state index contributed by atoms with van der Waals surface area (Å²) in [6.45, 7) is 0.132. The Hall–Kier alpha value is -1.86. The highest BCUT2D eigenvalue weighted by atomic mass is 19.4. The molecule has 3 nitrogen and oxygen atoms in total. The summed E-state index contributed by atoms with van der Waals surface area (Å²) in [7, 11) is 0. The van der Waals surface area contributed by atoms with E-state index in [-0.39, 0.29) is 31.5 Å². The van der Waals surface area contributed by atoms with E-state index in [0.29, 0.717) is 6.07 Å². The monoisotopic (exact) mass is 309 g/mol. The van der Waals surface area contributed by atoms with Gasteiger partial charge in [0.1, 0.15) is 0 Å². The molecule has 1 heterocycles. The average Bonchev–Trinajstić information content (AvgIpc) is 2.40. The van der Waals surface area contributed by atoms with E-state index in [0.717, 1.165) is 11.0 Å². The number of likely N-dealkylation sites (tertiary alicyclic amines) is 1. The van der Waals surface area contributed by atoms with Crippen molar-refractivity contribution in [3.63, 3.8) is 0 Å². The lowest BCUT2D eigenvalue weighted by Gasteiger charge is -2.31. The molecule has 116 valence electrons. The van der Waals surface area contributed by atoms with Gasteiger partial charge in [0, 0.05) is 13.1 Å². The number of hydrogen-bond acceptors (Lipinski definition) is 1. The number of carboxylic acid groups (broad SMARTS) is 1. The molecular weight excluding hydrogens is 297 g/mol. The van der Waals surface area contributed by atoms with Crippen LogP contribution in [0.2, 0.25) is 0 Å². The number of benzene rings is 1. The summed E-state index contributed by atoms with van der Waals surface area (Å²) in [6.07, 6.45) is -5.86. The Kier molecular flexibility index (Phi) is 4.06. The predicted octanol–water partition coefficient (Wildman–Crippen LogP) is 3.84. The van der Waals surface area contributed by atoms with E-state index in [2.05, 4.69) is 0 Å². The highest BCUT2D eigenvalue weighted by Crippen LogP contribution is 2.40. The Morgan fingerprint density at radius 1 is 1.19 bits per heavy atom. The number of amides is 1. The maximum absolute atomic E-state index is 13.5. The number of rotatable bonds is 1. The van der Waals surface area contributed by atoms with Gasteiger partial charge in [-0.3, -0.25) is 0 Å². The van der Waals surface area contributed by atoms with Crippen LogP contribution in [-0.4, -0.2) is 29.2 Å². The quantitative estimate of drug-likeness (QED) is 0.801. The highest BCUT2D eigenvalue weighted by molar-refractivity contribution is 5.65. The molecule has 1 aliphatic heterocycles. The number of nitrogens with zero attached hydrogens (tertiary/aromatic N) is 1. The first-order valence-corrected chi connectivity index (χ1v) is 6.24. The molecule has 0 aliphatic carbocycles. The van der Waals surface area contributed by atoms with Crippen LogP contribution in [0.15, 0.2) is 12.1 Å². The minimum Gasteiger partial charge on any atom is -0.465 e. The van der Waals surface area contributed by atoms with Crippen molar-refractivity contribution in [3.05, 3.63) is 34.9 Å². The van der Waals surface area contributed by atoms with Crippen molar-refractivity contribution >= 4 is 6.09 Å². The third-order valence-corrected chi connectivity index (χ3v) is 3.62. The molecule has 1 aromatic rings. The Balaban J connectivity index is 2.33. The summed E-state index contributed by atoms with van der Waals surface area (Å²) in [5.74, 6) is -4.10. The molecule has 1 aliphatic rings. The van der Waals surface area contributed by atoms with E-state index in [1.54, 1.807) is 0 Å². The van der Waals surface area contributed by atoms with Crippen LogP contribution in [0.4, 0.5) is 26.7 Å². The SMILES string of the molecule is O=C(O)N1CCC(c2ccc(F)c(F)c2C(F)(F)F)CC1. The third kappa shape index (κ3) is 3.08. The zero-order valence-electron chi connectivity index (χ0n) is 10.8. The molecule has 1 fully saturated rings. The molecule has 1 N–H and O–H groups in total. The van der Waals surface area contributed by atoms with Gasteiger partial charge in [-0.15, -0.1) is 0 Å². The Morgan fingerprint density at radius 2 is 1.76 bits per heavy atom. The summed E-state index contributed by atoms with van der Waals surface area (Å²) in [5.41, 5.74) is -1.90. The van der Waals surface area contributed by atoms with Crippen molar-refractivity contribution in [2.24, 2.45) is 0 Å². The minimum atomic E-state index is -4.99. The summed E-state index contributed by atoms with van der Waals surface area (Å²) in [4.78, 5) is 11.8. The fourth-order valence-corrected chi connectivity index (χ4v) is 2.58. The zero-order valence-corrected chi connectivity index (χ0v) is 10.8. The zero-order chi connectivity index (χ0) is 15.8. The van der Waals surface area contributed by atoms with Gasteiger partial charge in [0.2, 0.25) is 0 Å². The van der Waals surface area contributed by atoms with Crippen LogP contribution in [0.25, 0.3) is 0 Å². The van der Waals surface area contributed by atoms with E-state index >= 15 is 0 Å². The molecule has 1 saturated heterocycles. The second kappa shape index (κ2) is 5.50. The van der Waals surface area contributed by atoms with E-state index in [1.807, 2.05) is 0 Å². The lowest BCUT2D eigenvalue weighted by Crippen LogP contribution is -2.37. The second-order valence-corrected chi connectivity index (χ2v) is 4.87. The number of halogens is 5. The summed E-state index contributed by atoms with van der Waals surface area (Å²) < 4.78 is 65.4. The smallest absolute Gasteiger partial charge is 0.419 e. The molecule has 0 unspecified atom stereocenters. The van der Waals surface area contributed by atoms with E-state index in [1.165, 1.54) is 0 Å². The van der Waals surface area contributed by atoms with E-state index in [9.17, 15) is 26.7 Å². The molecule has 8 heteroatoms. The van der Waals surface area contributed by atoms with Gasteiger partial charge in [-0.05, 0) is 30.4 Å². The first kappa shape index (κ1) is 15.5. The maximum Gasteiger partial charge on any atom is 0.419 e. The van der Waals surface area contributed by atoms with Gasteiger partial charge in [-0.25, -0.2) is 13.6 Å². The van der Waals surface area contributed by atoms with Crippen molar-refractivity contribution < 1.29 is 31.9 Å². The highest BCUT2D eigenvalue weighted by Gasteiger charge is 2.40. The van der Waals surface area contributed by atoms with Crippen molar-refractivity contribution in [2.75, 3.05) is 13.1 Å². The molecule has 0 aromatic heterocycles. The van der Waals surface area contributed by atoms with Gasteiger partial charge in [0.25, 0.3) is 0 Å². The summed E-state index contributed by atoms with van der Waals surface area (Å²) in [6, 6.07) is 1.60. The van der Waals surface area contributed by atoms with Crippen LogP contribution in [0.3, 0.4) is 0 Å². The van der Waals surface area contributed by atoms with E-state index in [4.69, 9.17) is 5.11 Å². The van der Waals surface area contributed by atoms with Gasteiger partial charge in [-0.1, -0.05) is 6.07 Å². The summed E-state index contributed by atoms with van der Waals surface area (Å²) in [5, 5.41) is 8.80. The Bertz CT molecular complexity index is 550. The number of piperidine rings is 1. The van der Waals surface area contributed by atoms with Crippen molar-refractivity contribution in [3.8, 4) is 0 Å². The van der Waals surface area contributed by atoms with Gasteiger partial charge in [0.15, 0.2) is 11.6 Å². The standard InChI is InChI=1S/C13H12F5NO2/c14-9-2-1-8(10(11(9)15)13(16,17)18)7-3-5-19(6-4-7)12(20)21/h1-2,7H,3-6H2,(H,20,21). The molecule has 0 bridgehead atoms. The van der Waals surface area contributed by atoms with Gasteiger partial charge in [-0.2, -0.15) is 13.2 Å². The van der Waals surface area contributed by atoms with Crippen LogP contribution in [-0.2, 0) is 6.18 Å². The van der Waals surface area contributed by atoms with Gasteiger partial charge < -0.3 is 10.0 Å².